The van der Waals surface area contributed by atoms with Crippen LogP contribution in [0.4, 0.5) is 16.2 Å². The Bertz CT molecular complexity index is 1270. The normalized spacial score (nSPS) is 10.8. The molecule has 6 heteroatoms. The first-order chi connectivity index (χ1) is 18.0. The lowest BCUT2D eigenvalue weighted by atomic mass is 10.2. The van der Waals surface area contributed by atoms with Crippen LogP contribution in [0.25, 0.3) is 0 Å². The number of carbonyl (C=O) groups excluding carboxylic acids is 1. The third-order valence-electron chi connectivity index (χ3n) is 6.46. The van der Waals surface area contributed by atoms with Gasteiger partial charge < -0.3 is 19.7 Å². The summed E-state index contributed by atoms with van der Waals surface area (Å²) in [6.45, 7) is 7.98. The number of amides is 2. The molecule has 0 radical (unpaired) electrons. The Morgan fingerprint density at radius 2 is 1.70 bits per heavy atom. The van der Waals surface area contributed by atoms with Gasteiger partial charge in [0, 0.05) is 54.5 Å². The van der Waals surface area contributed by atoms with Gasteiger partial charge in [-0.25, -0.2) is 4.79 Å². The summed E-state index contributed by atoms with van der Waals surface area (Å²) < 4.78 is 2.19. The number of aryl methyl sites for hydroxylation is 1. The van der Waals surface area contributed by atoms with Crippen molar-refractivity contribution < 1.29 is 4.79 Å². The number of hydrogen-bond donors (Lipinski definition) is 1. The molecule has 0 bridgehead atoms. The zero-order chi connectivity index (χ0) is 26.0. The van der Waals surface area contributed by atoms with Crippen LogP contribution in [-0.2, 0) is 13.1 Å². The lowest BCUT2D eigenvalue weighted by Gasteiger charge is -2.27. The minimum absolute atomic E-state index is 0.0935. The molecule has 0 saturated heterocycles. The summed E-state index contributed by atoms with van der Waals surface area (Å²) in [5, 5.41) is 3.80. The number of benzene rings is 3. The number of aromatic nitrogens is 1. The Balaban J connectivity index is 1.46. The van der Waals surface area contributed by atoms with E-state index in [1.165, 1.54) is 16.8 Å². The van der Waals surface area contributed by atoms with Crippen LogP contribution in [0, 0.1) is 6.92 Å². The van der Waals surface area contributed by atoms with Crippen LogP contribution < -0.4 is 10.2 Å². The van der Waals surface area contributed by atoms with Gasteiger partial charge in [0.15, 0.2) is 0 Å². The van der Waals surface area contributed by atoms with Crippen molar-refractivity contribution in [1.29, 1.82) is 0 Å². The van der Waals surface area contributed by atoms with Crippen molar-refractivity contribution >= 4 is 29.0 Å². The summed E-state index contributed by atoms with van der Waals surface area (Å²) in [4.78, 5) is 17.7. The molecular formula is C31H35ClN4O. The highest BCUT2D eigenvalue weighted by Gasteiger charge is 2.17. The molecule has 0 spiro atoms. The van der Waals surface area contributed by atoms with E-state index in [9.17, 15) is 4.79 Å². The summed E-state index contributed by atoms with van der Waals surface area (Å²) in [6, 6.07) is 30.1. The van der Waals surface area contributed by atoms with Gasteiger partial charge in [0.1, 0.15) is 0 Å². The molecule has 5 nitrogen and oxygen atoms in total. The van der Waals surface area contributed by atoms with Crippen molar-refractivity contribution in [2.75, 3.05) is 29.9 Å². The van der Waals surface area contributed by atoms with E-state index in [4.69, 9.17) is 11.6 Å². The number of rotatable bonds is 11. The first kappa shape index (κ1) is 26.4. The standard InChI is InChI=1S/C31H35ClN4O/c1-3-34(29-13-7-10-25(2)22-29)20-9-21-36(31(37)33-28-11-5-4-6-12-28)24-30-14-8-19-35(30)23-26-15-17-27(32)18-16-26/h4-8,10-19,22H,3,9,20-21,23-24H2,1-2H3,(H,33,37). The van der Waals surface area contributed by atoms with Crippen molar-refractivity contribution in [3.8, 4) is 0 Å². The van der Waals surface area contributed by atoms with Gasteiger partial charge in [-0.3, -0.25) is 0 Å². The van der Waals surface area contributed by atoms with Crippen LogP contribution in [0.5, 0.6) is 0 Å². The molecule has 0 aliphatic carbocycles. The van der Waals surface area contributed by atoms with Gasteiger partial charge in [0.25, 0.3) is 0 Å². The van der Waals surface area contributed by atoms with Gasteiger partial charge in [-0.05, 0) is 79.9 Å². The Morgan fingerprint density at radius 1 is 0.919 bits per heavy atom. The molecule has 37 heavy (non-hydrogen) atoms. The molecule has 2 amide bonds. The molecule has 0 aliphatic heterocycles. The van der Waals surface area contributed by atoms with E-state index >= 15 is 0 Å². The van der Waals surface area contributed by atoms with Gasteiger partial charge in [0.05, 0.1) is 6.54 Å². The molecule has 0 fully saturated rings. The van der Waals surface area contributed by atoms with Crippen LogP contribution in [0.15, 0.2) is 97.2 Å². The molecule has 4 aromatic rings. The molecule has 1 aromatic heterocycles. The van der Waals surface area contributed by atoms with Crippen LogP contribution in [0.2, 0.25) is 5.02 Å². The predicted octanol–water partition coefficient (Wildman–Crippen LogP) is 7.45. The maximum absolute atomic E-state index is 13.4. The van der Waals surface area contributed by atoms with Gasteiger partial charge >= 0.3 is 6.03 Å². The highest BCUT2D eigenvalue weighted by molar-refractivity contribution is 6.30. The fraction of sp³-hybridized carbons (Fsp3) is 0.258. The smallest absolute Gasteiger partial charge is 0.322 e. The maximum Gasteiger partial charge on any atom is 0.322 e. The van der Waals surface area contributed by atoms with Gasteiger partial charge in [-0.1, -0.05) is 54.1 Å². The van der Waals surface area contributed by atoms with Crippen molar-refractivity contribution in [3.63, 3.8) is 0 Å². The first-order valence-corrected chi connectivity index (χ1v) is 13.2. The SMILES string of the molecule is CCN(CCCN(Cc1cccn1Cc1ccc(Cl)cc1)C(=O)Nc1ccccc1)c1cccc(C)c1. The highest BCUT2D eigenvalue weighted by Crippen LogP contribution is 2.18. The molecule has 0 aliphatic rings. The molecule has 0 atom stereocenters. The molecule has 1 N–H and O–H groups in total. The van der Waals surface area contributed by atoms with E-state index in [0.717, 1.165) is 42.5 Å². The second kappa shape index (κ2) is 13.0. The summed E-state index contributed by atoms with van der Waals surface area (Å²) in [6.07, 6.45) is 2.93. The van der Waals surface area contributed by atoms with Crippen LogP contribution in [-0.4, -0.2) is 35.1 Å². The second-order valence-electron chi connectivity index (χ2n) is 9.24. The lowest BCUT2D eigenvalue weighted by Crippen LogP contribution is -2.37. The van der Waals surface area contributed by atoms with E-state index in [-0.39, 0.29) is 6.03 Å². The van der Waals surface area contributed by atoms with Crippen molar-refractivity contribution in [2.45, 2.75) is 33.4 Å². The number of carbonyl (C=O) groups is 1. The fourth-order valence-electron chi connectivity index (χ4n) is 4.45. The van der Waals surface area contributed by atoms with Crippen molar-refractivity contribution in [3.05, 3.63) is 119 Å². The molecular weight excluding hydrogens is 480 g/mol. The Hall–Kier alpha value is -3.70. The number of urea groups is 1. The predicted molar refractivity (Wildman–Crippen MR) is 155 cm³/mol. The van der Waals surface area contributed by atoms with E-state index in [1.807, 2.05) is 65.6 Å². The number of para-hydroxylation sites is 1. The Labute approximate surface area is 225 Å². The monoisotopic (exact) mass is 514 g/mol. The Kier molecular flexibility index (Phi) is 9.28. The molecule has 3 aromatic carbocycles. The Morgan fingerprint density at radius 3 is 2.43 bits per heavy atom. The quantitative estimate of drug-likeness (QED) is 0.226. The fourth-order valence-corrected chi connectivity index (χ4v) is 4.58. The maximum atomic E-state index is 13.4. The van der Waals surface area contributed by atoms with Crippen molar-refractivity contribution in [2.24, 2.45) is 0 Å². The molecule has 192 valence electrons. The lowest BCUT2D eigenvalue weighted by molar-refractivity contribution is 0.207. The summed E-state index contributed by atoms with van der Waals surface area (Å²) in [5.41, 5.74) is 5.52. The van der Waals surface area contributed by atoms with Crippen LogP contribution >= 0.6 is 11.6 Å². The largest absolute Gasteiger partial charge is 0.372 e. The van der Waals surface area contributed by atoms with Crippen molar-refractivity contribution in [1.82, 2.24) is 9.47 Å². The van der Waals surface area contributed by atoms with E-state index in [1.54, 1.807) is 0 Å². The van der Waals surface area contributed by atoms with Gasteiger partial charge in [-0.2, -0.15) is 0 Å². The zero-order valence-electron chi connectivity index (χ0n) is 21.6. The van der Waals surface area contributed by atoms with Gasteiger partial charge in [0.2, 0.25) is 0 Å². The third-order valence-corrected chi connectivity index (χ3v) is 6.71. The molecule has 4 rings (SSSR count). The average Bonchev–Trinajstić information content (AvgIpc) is 3.34. The molecule has 1 heterocycles. The third kappa shape index (κ3) is 7.64. The van der Waals surface area contributed by atoms with Crippen LogP contribution in [0.3, 0.4) is 0 Å². The minimum Gasteiger partial charge on any atom is -0.372 e. The van der Waals surface area contributed by atoms with Gasteiger partial charge in [-0.15, -0.1) is 0 Å². The topological polar surface area (TPSA) is 40.5 Å². The van der Waals surface area contributed by atoms with E-state index in [2.05, 4.69) is 65.2 Å². The highest BCUT2D eigenvalue weighted by atomic mass is 35.5. The average molecular weight is 515 g/mol. The second-order valence-corrected chi connectivity index (χ2v) is 9.68. The number of nitrogens with zero attached hydrogens (tertiary/aromatic N) is 3. The first-order valence-electron chi connectivity index (χ1n) is 12.8. The van der Waals surface area contributed by atoms with E-state index < -0.39 is 0 Å². The number of halogens is 1. The summed E-state index contributed by atoms with van der Waals surface area (Å²) >= 11 is 6.06. The molecule has 0 saturated carbocycles. The summed E-state index contributed by atoms with van der Waals surface area (Å²) in [5.74, 6) is 0. The summed E-state index contributed by atoms with van der Waals surface area (Å²) in [7, 11) is 0. The zero-order valence-corrected chi connectivity index (χ0v) is 22.4. The number of anilines is 2. The van der Waals surface area contributed by atoms with E-state index in [0.29, 0.717) is 13.1 Å². The number of nitrogens with one attached hydrogen (secondary N) is 1. The van der Waals surface area contributed by atoms with Crippen LogP contribution in [0.1, 0.15) is 30.2 Å². The number of hydrogen-bond acceptors (Lipinski definition) is 2. The molecule has 0 unspecified atom stereocenters. The minimum atomic E-state index is -0.0935.